The van der Waals surface area contributed by atoms with Crippen LogP contribution >= 0.6 is 24.2 Å². The Morgan fingerprint density at radius 3 is 2.03 bits per heavy atom. The van der Waals surface area contributed by atoms with E-state index in [1.807, 2.05) is 6.07 Å². The van der Waals surface area contributed by atoms with Crippen LogP contribution in [0, 0.1) is 11.3 Å². The third kappa shape index (κ3) is 5.64. The molecule has 6 heteroatoms. The zero-order valence-electron chi connectivity index (χ0n) is 16.5. The first-order chi connectivity index (χ1) is 15.0. The molecule has 3 rings (SSSR count). The van der Waals surface area contributed by atoms with E-state index in [4.69, 9.17) is 11.6 Å². The van der Waals surface area contributed by atoms with E-state index < -0.39 is 11.8 Å². The first-order valence-electron chi connectivity index (χ1n) is 9.53. The van der Waals surface area contributed by atoms with Crippen molar-refractivity contribution in [3.63, 3.8) is 0 Å². The summed E-state index contributed by atoms with van der Waals surface area (Å²) in [5.41, 5.74) is 1.74. The molecule has 0 aliphatic carbocycles. The number of carbonyl (C=O) groups excluding carboxylic acids is 2. The Bertz CT molecular complexity index is 1150. The molecule has 0 saturated carbocycles. The number of allylic oxidation sites excluding steroid dienone is 1. The van der Waals surface area contributed by atoms with Gasteiger partial charge in [0.15, 0.2) is 5.78 Å². The summed E-state index contributed by atoms with van der Waals surface area (Å²) in [5, 5.41) is 13.1. The molecule has 3 aromatic rings. The molecule has 0 spiro atoms. The van der Waals surface area contributed by atoms with Gasteiger partial charge in [0, 0.05) is 28.5 Å². The maximum absolute atomic E-state index is 12.9. The number of nitrogens with one attached hydrogen (secondary N) is 1. The summed E-state index contributed by atoms with van der Waals surface area (Å²) >= 11 is 10.8. The van der Waals surface area contributed by atoms with Gasteiger partial charge in [-0.05, 0) is 23.8 Å². The van der Waals surface area contributed by atoms with Crippen molar-refractivity contribution in [3.8, 4) is 6.07 Å². The number of hydrogen-bond acceptors (Lipinski definition) is 4. The molecule has 0 saturated heterocycles. The van der Waals surface area contributed by atoms with E-state index in [9.17, 15) is 14.9 Å². The number of ketones is 1. The normalized spacial score (nSPS) is 12.3. The lowest BCUT2D eigenvalue weighted by Crippen LogP contribution is -2.23. The summed E-state index contributed by atoms with van der Waals surface area (Å²) in [6.45, 7) is 0. The van der Waals surface area contributed by atoms with Crippen LogP contribution in [0.1, 0.15) is 38.6 Å². The second-order valence-corrected chi connectivity index (χ2v) is 7.62. The van der Waals surface area contributed by atoms with Crippen LogP contribution in [0.2, 0.25) is 5.02 Å². The monoisotopic (exact) mass is 446 g/mol. The topological polar surface area (TPSA) is 70.0 Å². The number of nitrogens with zero attached hydrogens (tertiary/aromatic N) is 1. The van der Waals surface area contributed by atoms with Crippen molar-refractivity contribution in [3.05, 3.63) is 117 Å². The average molecular weight is 447 g/mol. The van der Waals surface area contributed by atoms with Gasteiger partial charge < -0.3 is 5.32 Å². The molecule has 3 aromatic carbocycles. The summed E-state index contributed by atoms with van der Waals surface area (Å²) in [7, 11) is 0. The van der Waals surface area contributed by atoms with Gasteiger partial charge in [0.25, 0.3) is 5.91 Å². The highest BCUT2D eigenvalue weighted by Gasteiger charge is 2.26. The number of benzene rings is 3. The number of thiol groups is 1. The fraction of sp³-hybridized carbons (Fsp3) is 0.0800. The molecule has 0 aromatic heterocycles. The van der Waals surface area contributed by atoms with Gasteiger partial charge in [-0.15, -0.1) is 12.6 Å². The third-order valence-electron chi connectivity index (χ3n) is 4.76. The fourth-order valence-corrected chi connectivity index (χ4v) is 3.76. The fourth-order valence-electron chi connectivity index (χ4n) is 3.18. The lowest BCUT2D eigenvalue weighted by atomic mass is 9.86. The number of carbonyl (C=O) groups is 2. The van der Waals surface area contributed by atoms with Crippen LogP contribution in [-0.4, -0.2) is 11.7 Å². The molecule has 1 atom stereocenters. The highest BCUT2D eigenvalue weighted by Crippen LogP contribution is 2.35. The molecule has 31 heavy (non-hydrogen) atoms. The number of nitriles is 1. The van der Waals surface area contributed by atoms with E-state index in [0.29, 0.717) is 21.7 Å². The molecule has 1 amide bonds. The van der Waals surface area contributed by atoms with E-state index in [-0.39, 0.29) is 22.8 Å². The van der Waals surface area contributed by atoms with Crippen molar-refractivity contribution in [2.45, 2.75) is 12.3 Å². The van der Waals surface area contributed by atoms with Crippen molar-refractivity contribution >= 4 is 35.9 Å². The van der Waals surface area contributed by atoms with Crippen LogP contribution in [0.15, 0.2) is 95.5 Å². The Morgan fingerprint density at radius 1 is 0.903 bits per heavy atom. The zero-order chi connectivity index (χ0) is 22.2. The quantitative estimate of drug-likeness (QED) is 0.274. The van der Waals surface area contributed by atoms with Gasteiger partial charge in [-0.1, -0.05) is 78.3 Å². The zero-order valence-corrected chi connectivity index (χ0v) is 18.1. The lowest BCUT2D eigenvalue weighted by molar-refractivity contribution is 0.0966. The molecule has 4 nitrogen and oxygen atoms in total. The number of amides is 1. The lowest BCUT2D eigenvalue weighted by Gasteiger charge is -2.19. The molecule has 0 aliphatic rings. The Labute approximate surface area is 191 Å². The maximum Gasteiger partial charge on any atom is 0.256 e. The van der Waals surface area contributed by atoms with Gasteiger partial charge in [-0.3, -0.25) is 9.59 Å². The summed E-state index contributed by atoms with van der Waals surface area (Å²) in [6, 6.07) is 26.6. The second-order valence-electron chi connectivity index (χ2n) is 6.76. The molecule has 1 N–H and O–H groups in total. The molecule has 0 aliphatic heterocycles. The van der Waals surface area contributed by atoms with Gasteiger partial charge in [0.05, 0.1) is 16.7 Å². The molecule has 0 fully saturated rings. The van der Waals surface area contributed by atoms with Gasteiger partial charge in [-0.2, -0.15) is 5.26 Å². The largest absolute Gasteiger partial charge is 0.316 e. The highest BCUT2D eigenvalue weighted by atomic mass is 35.5. The van der Waals surface area contributed by atoms with Crippen LogP contribution in [0.3, 0.4) is 0 Å². The van der Waals surface area contributed by atoms with E-state index >= 15 is 0 Å². The summed E-state index contributed by atoms with van der Waals surface area (Å²) in [6.07, 6.45) is 0.00189. The van der Waals surface area contributed by atoms with Crippen LogP contribution in [0.25, 0.3) is 0 Å². The standard InChI is InChI=1S/C25H19ClN2O2S/c26-22-14-8-7-13-19(22)20(15-23(29)17-9-3-1-4-10-17)21(16-27)25(31)28-24(30)18-11-5-2-6-12-18/h1-14,20,31H,15H2,(H,28,30). The smallest absolute Gasteiger partial charge is 0.256 e. The minimum atomic E-state index is -0.671. The Balaban J connectivity index is 1.99. The average Bonchev–Trinajstić information content (AvgIpc) is 2.80. The summed E-state index contributed by atoms with van der Waals surface area (Å²) < 4.78 is 0. The third-order valence-corrected chi connectivity index (χ3v) is 5.45. The minimum absolute atomic E-state index is 0.00189. The van der Waals surface area contributed by atoms with Crippen LogP contribution in [0.4, 0.5) is 0 Å². The molecule has 0 bridgehead atoms. The number of halogens is 1. The molecule has 0 radical (unpaired) electrons. The number of hydrogen-bond donors (Lipinski definition) is 2. The second kappa shape index (κ2) is 10.6. The molecule has 154 valence electrons. The van der Waals surface area contributed by atoms with Gasteiger partial charge in [-0.25, -0.2) is 0 Å². The molecular formula is C25H19ClN2O2S. The van der Waals surface area contributed by atoms with Crippen LogP contribution in [0.5, 0.6) is 0 Å². The number of rotatable bonds is 7. The van der Waals surface area contributed by atoms with E-state index in [1.54, 1.807) is 78.9 Å². The van der Waals surface area contributed by atoms with Gasteiger partial charge in [0.1, 0.15) is 0 Å². The highest BCUT2D eigenvalue weighted by molar-refractivity contribution is 7.84. The van der Waals surface area contributed by atoms with Crippen molar-refractivity contribution < 1.29 is 9.59 Å². The SMILES string of the molecule is N#CC(=C(S)NC(=O)c1ccccc1)C(CC(=O)c1ccccc1)c1ccccc1Cl. The van der Waals surface area contributed by atoms with E-state index in [1.165, 1.54) is 0 Å². The summed E-state index contributed by atoms with van der Waals surface area (Å²) in [5.74, 6) is -1.21. The van der Waals surface area contributed by atoms with Crippen LogP contribution in [-0.2, 0) is 0 Å². The molecular weight excluding hydrogens is 428 g/mol. The van der Waals surface area contributed by atoms with Crippen molar-refractivity contribution in [2.24, 2.45) is 0 Å². The predicted octanol–water partition coefficient (Wildman–Crippen LogP) is 5.79. The summed E-state index contributed by atoms with van der Waals surface area (Å²) in [4.78, 5) is 25.5. The first kappa shape index (κ1) is 22.4. The Hall–Kier alpha value is -3.33. The Kier molecular flexibility index (Phi) is 7.66. The van der Waals surface area contributed by atoms with Crippen molar-refractivity contribution in [1.29, 1.82) is 5.26 Å². The first-order valence-corrected chi connectivity index (χ1v) is 10.4. The van der Waals surface area contributed by atoms with Crippen LogP contribution < -0.4 is 5.32 Å². The maximum atomic E-state index is 12.9. The predicted molar refractivity (Wildman–Crippen MR) is 125 cm³/mol. The van der Waals surface area contributed by atoms with Gasteiger partial charge >= 0.3 is 0 Å². The van der Waals surface area contributed by atoms with Crippen molar-refractivity contribution in [1.82, 2.24) is 5.32 Å². The van der Waals surface area contributed by atoms with Gasteiger partial charge in [0.2, 0.25) is 0 Å². The molecule has 1 unspecified atom stereocenters. The number of Topliss-reactive ketones (excluding diaryl/α,β-unsaturated/α-hetero) is 1. The van der Waals surface area contributed by atoms with Crippen molar-refractivity contribution in [2.75, 3.05) is 0 Å². The Morgan fingerprint density at radius 2 is 1.45 bits per heavy atom. The van der Waals surface area contributed by atoms with E-state index in [2.05, 4.69) is 24.0 Å². The van der Waals surface area contributed by atoms with E-state index in [0.717, 1.165) is 0 Å². The minimum Gasteiger partial charge on any atom is -0.316 e. The molecule has 0 heterocycles.